The molecule has 1 aliphatic rings. The third-order valence-corrected chi connectivity index (χ3v) is 5.61. The first-order valence-electron chi connectivity index (χ1n) is 8.80. The van der Waals surface area contributed by atoms with Gasteiger partial charge >= 0.3 is 0 Å². The van der Waals surface area contributed by atoms with Crippen molar-refractivity contribution in [3.8, 4) is 0 Å². The molecule has 2 aromatic rings. The molecule has 1 fully saturated rings. The largest absolute Gasteiger partial charge is 0.338 e. The number of piperidine rings is 1. The molecule has 1 amide bonds. The Morgan fingerprint density at radius 1 is 1.24 bits per heavy atom. The fourth-order valence-electron chi connectivity index (χ4n) is 3.23. The number of thiophene rings is 1. The number of hydrogen-bond donors (Lipinski definition) is 0. The van der Waals surface area contributed by atoms with Crippen LogP contribution in [0.3, 0.4) is 0 Å². The molecule has 0 aliphatic carbocycles. The van der Waals surface area contributed by atoms with Gasteiger partial charge in [0, 0.05) is 25.8 Å². The first kappa shape index (κ1) is 18.0. The molecule has 6 heteroatoms. The van der Waals surface area contributed by atoms with Crippen LogP contribution < -0.4 is 0 Å². The first-order valence-corrected chi connectivity index (χ1v) is 9.68. The summed E-state index contributed by atoms with van der Waals surface area (Å²) in [5.41, 5.74) is 3.22. The highest BCUT2D eigenvalue weighted by Gasteiger charge is 2.24. The number of hydrogen-bond acceptors (Lipinski definition) is 5. The molecule has 134 valence electrons. The van der Waals surface area contributed by atoms with Gasteiger partial charge in [-0.15, -0.1) is 11.3 Å². The van der Waals surface area contributed by atoms with Gasteiger partial charge in [-0.1, -0.05) is 0 Å². The second kappa shape index (κ2) is 8.06. The maximum Gasteiger partial charge on any atom is 0.263 e. The summed E-state index contributed by atoms with van der Waals surface area (Å²) in [6.45, 7) is 4.53. The summed E-state index contributed by atoms with van der Waals surface area (Å²) in [4.78, 5) is 26.5. The van der Waals surface area contributed by atoms with E-state index in [2.05, 4.69) is 14.9 Å². The molecule has 0 N–H and O–H groups in total. The first-order chi connectivity index (χ1) is 12.0. The van der Waals surface area contributed by atoms with Gasteiger partial charge in [0.25, 0.3) is 5.91 Å². The zero-order valence-corrected chi connectivity index (χ0v) is 16.1. The maximum absolute atomic E-state index is 12.5. The van der Waals surface area contributed by atoms with E-state index in [9.17, 15) is 4.79 Å². The fourth-order valence-corrected chi connectivity index (χ4v) is 4.09. The summed E-state index contributed by atoms with van der Waals surface area (Å²) < 4.78 is 0. The number of rotatable bonds is 5. The van der Waals surface area contributed by atoms with Crippen molar-refractivity contribution in [3.63, 3.8) is 0 Å². The third kappa shape index (κ3) is 4.86. The topological polar surface area (TPSA) is 49.3 Å². The van der Waals surface area contributed by atoms with Crippen LogP contribution in [0, 0.1) is 12.8 Å². The minimum absolute atomic E-state index is 0.185. The van der Waals surface area contributed by atoms with Gasteiger partial charge in [0.05, 0.1) is 22.5 Å². The highest BCUT2D eigenvalue weighted by Crippen LogP contribution is 2.24. The second-order valence-electron chi connectivity index (χ2n) is 7.16. The SMILES string of the molecule is Cc1csc(C(=O)N2CCC(Cc3cnc(CN(C)C)cn3)CC2)c1. The lowest BCUT2D eigenvalue weighted by Crippen LogP contribution is -2.38. The van der Waals surface area contributed by atoms with Gasteiger partial charge < -0.3 is 9.80 Å². The van der Waals surface area contributed by atoms with Gasteiger partial charge in [0.1, 0.15) is 0 Å². The van der Waals surface area contributed by atoms with Crippen molar-refractivity contribution in [2.24, 2.45) is 5.92 Å². The van der Waals surface area contributed by atoms with Crippen LogP contribution in [-0.4, -0.2) is 52.9 Å². The van der Waals surface area contributed by atoms with Crippen LogP contribution in [0.25, 0.3) is 0 Å². The van der Waals surface area contributed by atoms with E-state index in [0.717, 1.165) is 55.2 Å². The van der Waals surface area contributed by atoms with Gasteiger partial charge in [0.2, 0.25) is 0 Å². The quantitative estimate of drug-likeness (QED) is 0.824. The van der Waals surface area contributed by atoms with Gasteiger partial charge in [0.15, 0.2) is 0 Å². The average molecular weight is 359 g/mol. The number of aromatic nitrogens is 2. The minimum atomic E-state index is 0.185. The summed E-state index contributed by atoms with van der Waals surface area (Å²) in [6, 6.07) is 1.99. The van der Waals surface area contributed by atoms with Crippen LogP contribution in [0.4, 0.5) is 0 Å². The Hall–Kier alpha value is -1.79. The Labute approximate surface area is 153 Å². The van der Waals surface area contributed by atoms with E-state index in [1.54, 1.807) is 11.3 Å². The van der Waals surface area contributed by atoms with Gasteiger partial charge in [-0.25, -0.2) is 0 Å². The zero-order chi connectivity index (χ0) is 17.8. The molecule has 0 aromatic carbocycles. The third-order valence-electron chi connectivity index (χ3n) is 4.58. The molecule has 3 heterocycles. The lowest BCUT2D eigenvalue weighted by Gasteiger charge is -2.31. The lowest BCUT2D eigenvalue weighted by atomic mass is 9.92. The Kier molecular flexibility index (Phi) is 5.81. The molecule has 3 rings (SSSR count). The van der Waals surface area contributed by atoms with Crippen molar-refractivity contribution < 1.29 is 4.79 Å². The molecule has 0 saturated carbocycles. The molecule has 25 heavy (non-hydrogen) atoms. The fraction of sp³-hybridized carbons (Fsp3) is 0.526. The molecule has 0 spiro atoms. The number of carbonyl (C=O) groups is 1. The highest BCUT2D eigenvalue weighted by molar-refractivity contribution is 7.12. The Balaban J connectivity index is 1.50. The number of aryl methyl sites for hydroxylation is 1. The molecule has 1 aliphatic heterocycles. The van der Waals surface area contributed by atoms with Crippen molar-refractivity contribution in [2.75, 3.05) is 27.2 Å². The predicted octanol–water partition coefficient (Wildman–Crippen LogP) is 3.00. The van der Waals surface area contributed by atoms with E-state index in [1.165, 1.54) is 5.56 Å². The molecule has 1 saturated heterocycles. The van der Waals surface area contributed by atoms with Crippen molar-refractivity contribution >= 4 is 17.2 Å². The van der Waals surface area contributed by atoms with Crippen LogP contribution in [0.15, 0.2) is 23.8 Å². The van der Waals surface area contributed by atoms with Crippen molar-refractivity contribution in [2.45, 2.75) is 32.7 Å². The van der Waals surface area contributed by atoms with E-state index in [-0.39, 0.29) is 5.91 Å². The lowest BCUT2D eigenvalue weighted by molar-refractivity contribution is 0.0695. The predicted molar refractivity (Wildman–Crippen MR) is 101 cm³/mol. The highest BCUT2D eigenvalue weighted by atomic mass is 32.1. The van der Waals surface area contributed by atoms with Crippen LogP contribution in [0.1, 0.15) is 39.5 Å². The summed E-state index contributed by atoms with van der Waals surface area (Å²) in [6.07, 6.45) is 6.82. The summed E-state index contributed by atoms with van der Waals surface area (Å²) in [5.74, 6) is 0.771. The van der Waals surface area contributed by atoms with Crippen molar-refractivity contribution in [1.82, 2.24) is 19.8 Å². The van der Waals surface area contributed by atoms with E-state index in [0.29, 0.717) is 5.92 Å². The monoisotopic (exact) mass is 358 g/mol. The molecule has 0 atom stereocenters. The smallest absolute Gasteiger partial charge is 0.263 e. The normalized spacial score (nSPS) is 15.8. The Bertz CT molecular complexity index is 702. The van der Waals surface area contributed by atoms with Crippen LogP contribution in [-0.2, 0) is 13.0 Å². The van der Waals surface area contributed by atoms with E-state index < -0.39 is 0 Å². The Morgan fingerprint density at radius 2 is 1.92 bits per heavy atom. The molecule has 5 nitrogen and oxygen atoms in total. The van der Waals surface area contributed by atoms with Crippen LogP contribution in [0.5, 0.6) is 0 Å². The van der Waals surface area contributed by atoms with E-state index in [1.807, 2.05) is 49.8 Å². The van der Waals surface area contributed by atoms with Crippen molar-refractivity contribution in [3.05, 3.63) is 45.7 Å². The second-order valence-corrected chi connectivity index (χ2v) is 8.08. The molecule has 0 bridgehead atoms. The standard InChI is InChI=1S/C19H26N4OS/c1-14-8-18(25-13-14)19(24)23-6-4-15(5-7-23)9-16-10-21-17(11-20-16)12-22(2)3/h8,10-11,13,15H,4-7,9,12H2,1-3H3. The molecule has 0 radical (unpaired) electrons. The molecule has 2 aromatic heterocycles. The summed E-state index contributed by atoms with van der Waals surface area (Å²) in [7, 11) is 4.06. The number of likely N-dealkylation sites (tertiary alicyclic amines) is 1. The summed E-state index contributed by atoms with van der Waals surface area (Å²) in [5, 5.41) is 2.04. The number of nitrogens with zero attached hydrogens (tertiary/aromatic N) is 4. The van der Waals surface area contributed by atoms with Gasteiger partial charge in [-0.2, -0.15) is 0 Å². The van der Waals surface area contributed by atoms with Crippen LogP contribution in [0.2, 0.25) is 0 Å². The molecular formula is C19H26N4OS. The average Bonchev–Trinajstić information content (AvgIpc) is 3.03. The number of carbonyl (C=O) groups excluding carboxylic acids is 1. The van der Waals surface area contributed by atoms with Gasteiger partial charge in [-0.05, 0) is 63.2 Å². The summed E-state index contributed by atoms with van der Waals surface area (Å²) >= 11 is 1.55. The number of amides is 1. The maximum atomic E-state index is 12.5. The van der Waals surface area contributed by atoms with Crippen molar-refractivity contribution in [1.29, 1.82) is 0 Å². The zero-order valence-electron chi connectivity index (χ0n) is 15.2. The molecular weight excluding hydrogens is 332 g/mol. The van der Waals surface area contributed by atoms with E-state index in [4.69, 9.17) is 0 Å². The minimum Gasteiger partial charge on any atom is -0.338 e. The van der Waals surface area contributed by atoms with E-state index >= 15 is 0 Å². The van der Waals surface area contributed by atoms with Gasteiger partial charge in [-0.3, -0.25) is 14.8 Å². The molecule has 0 unspecified atom stereocenters. The van der Waals surface area contributed by atoms with Crippen LogP contribution >= 0.6 is 11.3 Å². The Morgan fingerprint density at radius 3 is 2.48 bits per heavy atom.